The number of aliphatic carboxylic acids is 1. The van der Waals surface area contributed by atoms with Crippen molar-refractivity contribution in [2.75, 3.05) is 0 Å². The summed E-state index contributed by atoms with van der Waals surface area (Å²) in [6.07, 6.45) is 12.0. The smallest absolute Gasteiger partial charge is 0.138 e. The maximum atomic E-state index is 12.8. The number of ketones is 1. The van der Waals surface area contributed by atoms with Crippen LogP contribution in [0, 0.1) is 39.4 Å². The molecular weight excluding hydrogens is 424 g/mol. The van der Waals surface area contributed by atoms with E-state index in [1.165, 1.54) is 11.1 Å². The van der Waals surface area contributed by atoms with Crippen LogP contribution in [0.1, 0.15) is 93.4 Å². The minimum absolute atomic E-state index is 0.0254. The van der Waals surface area contributed by atoms with Gasteiger partial charge >= 0.3 is 0 Å². The molecule has 0 aromatic rings. The van der Waals surface area contributed by atoms with Gasteiger partial charge < -0.3 is 15.0 Å². The number of carbonyl (C=O) groups is 2. The van der Waals surface area contributed by atoms with Crippen molar-refractivity contribution in [1.29, 1.82) is 0 Å². The molecule has 0 heterocycles. The first-order valence-electron chi connectivity index (χ1n) is 13.2. The quantitative estimate of drug-likeness (QED) is 0.566. The zero-order valence-electron chi connectivity index (χ0n) is 22.2. The fraction of sp³-hybridized carbons (Fsp3) is 0.733. The number of allylic oxidation sites excluding steroid dienone is 4. The molecule has 4 nitrogen and oxygen atoms in total. The second-order valence-electron chi connectivity index (χ2n) is 13.0. The highest BCUT2D eigenvalue weighted by atomic mass is 16.4. The zero-order chi connectivity index (χ0) is 25.3. The molecular formula is C30H43O4-. The molecule has 4 rings (SSSR count). The fourth-order valence-corrected chi connectivity index (χ4v) is 8.60. The Hall–Kier alpha value is -1.68. The Morgan fingerprint density at radius 3 is 2.53 bits per heavy atom. The number of hydrogen-bond acceptors (Lipinski definition) is 4. The van der Waals surface area contributed by atoms with Crippen LogP contribution < -0.4 is 5.11 Å². The van der Waals surface area contributed by atoms with Gasteiger partial charge in [0.25, 0.3) is 0 Å². The predicted octanol–water partition coefficient (Wildman–Crippen LogP) is 5.16. The van der Waals surface area contributed by atoms with Crippen molar-refractivity contribution < 1.29 is 19.8 Å². The zero-order valence-corrected chi connectivity index (χ0v) is 22.2. The third-order valence-electron chi connectivity index (χ3n) is 11.2. The van der Waals surface area contributed by atoms with Crippen LogP contribution in [0.5, 0.6) is 0 Å². The molecule has 7 atom stereocenters. The summed E-state index contributed by atoms with van der Waals surface area (Å²) in [4.78, 5) is 23.8. The Bertz CT molecular complexity index is 984. The highest BCUT2D eigenvalue weighted by Gasteiger charge is 2.66. The average molecular weight is 468 g/mol. The molecule has 0 amide bonds. The lowest BCUT2D eigenvalue weighted by Crippen LogP contribution is -2.54. The monoisotopic (exact) mass is 467 g/mol. The number of aliphatic hydroxyl groups is 1. The van der Waals surface area contributed by atoms with Crippen molar-refractivity contribution in [2.45, 2.75) is 99.5 Å². The van der Waals surface area contributed by atoms with E-state index >= 15 is 0 Å². The van der Waals surface area contributed by atoms with Crippen molar-refractivity contribution in [1.82, 2.24) is 0 Å². The van der Waals surface area contributed by atoms with E-state index < -0.39 is 12.1 Å². The minimum atomic E-state index is -1.10. The molecule has 0 aromatic heterocycles. The van der Waals surface area contributed by atoms with Gasteiger partial charge in [-0.3, -0.25) is 4.79 Å². The van der Waals surface area contributed by atoms with Crippen LogP contribution in [-0.4, -0.2) is 23.0 Å². The van der Waals surface area contributed by atoms with E-state index in [9.17, 15) is 19.8 Å². The van der Waals surface area contributed by atoms with Gasteiger partial charge in [0, 0.05) is 17.3 Å². The van der Waals surface area contributed by atoms with E-state index in [2.05, 4.69) is 53.7 Å². The van der Waals surface area contributed by atoms with Gasteiger partial charge in [-0.2, -0.15) is 0 Å². The minimum Gasteiger partial charge on any atom is -0.545 e. The van der Waals surface area contributed by atoms with E-state index in [-0.39, 0.29) is 21.7 Å². The summed E-state index contributed by atoms with van der Waals surface area (Å²) in [6.45, 7) is 15.1. The van der Waals surface area contributed by atoms with Gasteiger partial charge in [0.05, 0.1) is 12.1 Å². The van der Waals surface area contributed by atoms with E-state index in [0.717, 1.165) is 32.1 Å². The molecule has 0 bridgehead atoms. The molecule has 2 saturated carbocycles. The molecule has 0 spiro atoms. The van der Waals surface area contributed by atoms with Gasteiger partial charge in [-0.15, -0.1) is 0 Å². The topological polar surface area (TPSA) is 77.4 Å². The predicted molar refractivity (Wildman–Crippen MR) is 133 cm³/mol. The van der Waals surface area contributed by atoms with Gasteiger partial charge in [-0.05, 0) is 90.8 Å². The molecule has 4 heteroatoms. The molecule has 4 aliphatic rings. The Labute approximate surface area is 205 Å². The number of Topliss-reactive ketones (excluding diaryl/α,β-unsaturated/α-hetero) is 1. The fourth-order valence-electron chi connectivity index (χ4n) is 8.60. The van der Waals surface area contributed by atoms with Crippen LogP contribution >= 0.6 is 0 Å². The summed E-state index contributed by atoms with van der Waals surface area (Å²) < 4.78 is 0. The normalized spacial score (nSPS) is 42.2. The Kier molecular flexibility index (Phi) is 6.12. The molecule has 1 N–H and O–H groups in total. The SMILES string of the molecule is C/C(=C\CC[C@@H](C)[C@H]1C[C@H](O)[C@@]2(C)C3=CCC4C(C)(C)C(=O)CC[C@]4(C)C3=CC[C@]12C)C(=O)[O-]. The lowest BCUT2D eigenvalue weighted by atomic mass is 9.44. The molecule has 0 radical (unpaired) electrons. The molecule has 4 aliphatic carbocycles. The molecule has 0 saturated heterocycles. The molecule has 2 fully saturated rings. The summed E-state index contributed by atoms with van der Waals surface area (Å²) in [5, 5.41) is 22.6. The van der Waals surface area contributed by atoms with Crippen LogP contribution in [0.2, 0.25) is 0 Å². The molecule has 1 unspecified atom stereocenters. The van der Waals surface area contributed by atoms with E-state index in [4.69, 9.17) is 0 Å². The van der Waals surface area contributed by atoms with Crippen molar-refractivity contribution in [2.24, 2.45) is 39.4 Å². The first kappa shape index (κ1) is 25.4. The van der Waals surface area contributed by atoms with E-state index in [0.29, 0.717) is 42.0 Å². The van der Waals surface area contributed by atoms with Crippen molar-refractivity contribution >= 4 is 11.8 Å². The van der Waals surface area contributed by atoms with Gasteiger partial charge in [0.2, 0.25) is 0 Å². The number of carboxylic acids is 1. The first-order chi connectivity index (χ1) is 15.7. The Morgan fingerprint density at radius 1 is 1.21 bits per heavy atom. The highest BCUT2D eigenvalue weighted by molar-refractivity contribution is 5.86. The van der Waals surface area contributed by atoms with Crippen molar-refractivity contribution in [3.05, 3.63) is 34.9 Å². The van der Waals surface area contributed by atoms with Crippen LogP contribution in [0.4, 0.5) is 0 Å². The number of carboxylic acid groups (broad SMARTS) is 1. The number of aliphatic hydroxyl groups excluding tert-OH is 1. The molecule has 188 valence electrons. The third kappa shape index (κ3) is 3.34. The summed E-state index contributed by atoms with van der Waals surface area (Å²) in [5.41, 5.74) is 2.31. The van der Waals surface area contributed by atoms with Crippen LogP contribution in [-0.2, 0) is 9.59 Å². The highest BCUT2D eigenvalue weighted by Crippen LogP contribution is 2.71. The number of carbonyl (C=O) groups excluding carboxylic acids is 2. The van der Waals surface area contributed by atoms with Crippen molar-refractivity contribution in [3.8, 4) is 0 Å². The van der Waals surface area contributed by atoms with Gasteiger partial charge in [-0.25, -0.2) is 0 Å². The standard InChI is InChI=1S/C30H44O4/c1-18(9-8-10-19(2)26(33)34)22-17-25(32)30(7)21-11-12-23-27(3,4)24(31)14-15-28(23,5)20(21)13-16-29(22,30)6/h10-11,13,18,22-23,25,32H,8-9,12,14-17H2,1-7H3,(H,33,34)/p-1/b19-10+/t18-,22-,23?,25+,28-,29-,30-/m1/s1. The van der Waals surface area contributed by atoms with Gasteiger partial charge in [0.1, 0.15) is 5.78 Å². The largest absolute Gasteiger partial charge is 0.545 e. The molecule has 0 aromatic carbocycles. The first-order valence-corrected chi connectivity index (χ1v) is 13.2. The average Bonchev–Trinajstić information content (AvgIpc) is 2.98. The summed E-state index contributed by atoms with van der Waals surface area (Å²) >= 11 is 0. The maximum absolute atomic E-state index is 12.8. The summed E-state index contributed by atoms with van der Waals surface area (Å²) in [5.74, 6) is 0.323. The third-order valence-corrected chi connectivity index (χ3v) is 11.2. The van der Waals surface area contributed by atoms with Crippen LogP contribution in [0.15, 0.2) is 34.9 Å². The number of rotatable bonds is 5. The summed E-state index contributed by atoms with van der Waals surface area (Å²) in [7, 11) is 0. The van der Waals surface area contributed by atoms with Gasteiger partial charge in [0.15, 0.2) is 0 Å². The molecule has 0 aliphatic heterocycles. The summed E-state index contributed by atoms with van der Waals surface area (Å²) in [6, 6.07) is 0. The van der Waals surface area contributed by atoms with E-state index in [1.54, 1.807) is 13.0 Å². The lowest BCUT2D eigenvalue weighted by molar-refractivity contribution is -0.299. The van der Waals surface area contributed by atoms with Gasteiger partial charge in [-0.1, -0.05) is 59.8 Å². The molecule has 34 heavy (non-hydrogen) atoms. The maximum Gasteiger partial charge on any atom is 0.138 e. The Balaban J connectivity index is 1.66. The number of fused-ring (bicyclic) bond motifs is 5. The van der Waals surface area contributed by atoms with Crippen LogP contribution in [0.25, 0.3) is 0 Å². The van der Waals surface area contributed by atoms with E-state index in [1.807, 2.05) is 0 Å². The second kappa shape index (κ2) is 8.18. The lowest BCUT2D eigenvalue weighted by Gasteiger charge is -2.60. The Morgan fingerprint density at radius 2 is 1.88 bits per heavy atom. The van der Waals surface area contributed by atoms with Crippen LogP contribution in [0.3, 0.4) is 0 Å². The van der Waals surface area contributed by atoms with Crippen molar-refractivity contribution in [3.63, 3.8) is 0 Å². The second-order valence-corrected chi connectivity index (χ2v) is 13.0. The number of hydrogen-bond donors (Lipinski definition) is 1.